The van der Waals surface area contributed by atoms with Crippen LogP contribution in [0.5, 0.6) is 0 Å². The van der Waals surface area contributed by atoms with E-state index in [9.17, 15) is 4.79 Å². The number of thiophene rings is 1. The molecule has 0 atom stereocenters. The molecular formula is C14H18N4OS. The van der Waals surface area contributed by atoms with Gasteiger partial charge in [0.25, 0.3) is 5.91 Å². The highest BCUT2D eigenvalue weighted by Gasteiger charge is 2.34. The summed E-state index contributed by atoms with van der Waals surface area (Å²) in [6.07, 6.45) is 3.23. The summed E-state index contributed by atoms with van der Waals surface area (Å²) in [6.45, 7) is 5.94. The number of nitrogens with zero attached hydrogens (tertiary/aromatic N) is 2. The minimum absolute atomic E-state index is 0.0731. The Balaban J connectivity index is 2.02. The van der Waals surface area contributed by atoms with Crippen molar-refractivity contribution in [2.45, 2.75) is 45.6 Å². The van der Waals surface area contributed by atoms with E-state index in [4.69, 9.17) is 5.73 Å². The number of amides is 1. The molecule has 0 bridgehead atoms. The van der Waals surface area contributed by atoms with Crippen molar-refractivity contribution >= 4 is 33.1 Å². The first kappa shape index (κ1) is 13.3. The fourth-order valence-corrected chi connectivity index (χ4v) is 3.57. The summed E-state index contributed by atoms with van der Waals surface area (Å²) in [5.74, 6) is -0.0928. The van der Waals surface area contributed by atoms with Crippen molar-refractivity contribution in [3.63, 3.8) is 0 Å². The van der Waals surface area contributed by atoms with E-state index in [1.54, 1.807) is 0 Å². The molecule has 2 aromatic heterocycles. The fraction of sp³-hybridized carbons (Fsp3) is 0.500. The number of hydrogen-bond donors (Lipinski definition) is 2. The second kappa shape index (κ2) is 4.41. The first-order valence-corrected chi connectivity index (χ1v) is 7.57. The Kier molecular flexibility index (Phi) is 2.93. The zero-order chi connectivity index (χ0) is 14.5. The van der Waals surface area contributed by atoms with E-state index in [2.05, 4.69) is 22.4 Å². The highest BCUT2D eigenvalue weighted by atomic mass is 32.1. The molecule has 1 fully saturated rings. The van der Waals surface area contributed by atoms with E-state index in [1.165, 1.54) is 17.8 Å². The Morgan fingerprint density at radius 1 is 1.35 bits per heavy atom. The van der Waals surface area contributed by atoms with Crippen molar-refractivity contribution in [2.75, 3.05) is 5.73 Å². The number of nitrogens with one attached hydrogen (secondary N) is 1. The van der Waals surface area contributed by atoms with Crippen molar-refractivity contribution in [3.8, 4) is 0 Å². The Labute approximate surface area is 121 Å². The van der Waals surface area contributed by atoms with Crippen molar-refractivity contribution in [1.29, 1.82) is 0 Å². The van der Waals surface area contributed by atoms with Gasteiger partial charge in [0.2, 0.25) is 0 Å². The maximum atomic E-state index is 12.4. The fourth-order valence-electron chi connectivity index (χ4n) is 2.57. The lowest BCUT2D eigenvalue weighted by molar-refractivity contribution is 0.0855. The van der Waals surface area contributed by atoms with Gasteiger partial charge in [-0.3, -0.25) is 4.79 Å². The number of fused-ring (bicyclic) bond motifs is 1. The number of nitrogen functional groups attached to an aromatic ring is 1. The number of anilines is 1. The van der Waals surface area contributed by atoms with E-state index in [0.717, 1.165) is 34.3 Å². The van der Waals surface area contributed by atoms with Gasteiger partial charge in [0.15, 0.2) is 0 Å². The lowest BCUT2D eigenvalue weighted by Crippen LogP contribution is -2.50. The zero-order valence-electron chi connectivity index (χ0n) is 11.9. The SMILES string of the molecule is Cc1nnc2sc(C(=O)NC3(C)CCC3)c(N)c2c1C. The molecule has 6 heteroatoms. The Bertz CT molecular complexity index is 703. The molecule has 0 aliphatic heterocycles. The van der Waals surface area contributed by atoms with Crippen molar-refractivity contribution < 1.29 is 4.79 Å². The third kappa shape index (κ3) is 1.95. The van der Waals surface area contributed by atoms with Gasteiger partial charge >= 0.3 is 0 Å². The highest BCUT2D eigenvalue weighted by Crippen LogP contribution is 2.36. The van der Waals surface area contributed by atoms with E-state index in [-0.39, 0.29) is 11.4 Å². The van der Waals surface area contributed by atoms with Gasteiger partial charge in [0.1, 0.15) is 9.71 Å². The number of carbonyl (C=O) groups is 1. The predicted molar refractivity (Wildman–Crippen MR) is 81.0 cm³/mol. The van der Waals surface area contributed by atoms with Gasteiger partial charge in [-0.1, -0.05) is 0 Å². The van der Waals surface area contributed by atoms with Gasteiger partial charge in [-0.2, -0.15) is 5.10 Å². The van der Waals surface area contributed by atoms with Crippen LogP contribution in [-0.2, 0) is 0 Å². The van der Waals surface area contributed by atoms with Crippen LogP contribution in [0.1, 0.15) is 47.1 Å². The minimum Gasteiger partial charge on any atom is -0.397 e. The molecule has 1 aliphatic carbocycles. The Morgan fingerprint density at radius 2 is 2.05 bits per heavy atom. The predicted octanol–water partition coefficient (Wildman–Crippen LogP) is 2.56. The molecule has 0 radical (unpaired) electrons. The molecule has 2 aromatic rings. The summed E-state index contributed by atoms with van der Waals surface area (Å²) in [5, 5.41) is 12.2. The van der Waals surface area contributed by atoms with Crippen molar-refractivity contribution in [1.82, 2.24) is 15.5 Å². The zero-order valence-corrected chi connectivity index (χ0v) is 12.7. The smallest absolute Gasteiger partial charge is 0.263 e. The molecule has 3 N–H and O–H groups in total. The number of nitrogens with two attached hydrogens (primary N) is 1. The Morgan fingerprint density at radius 3 is 2.65 bits per heavy atom. The molecule has 1 amide bonds. The van der Waals surface area contributed by atoms with E-state index >= 15 is 0 Å². The van der Waals surface area contributed by atoms with Crippen LogP contribution in [0.4, 0.5) is 5.69 Å². The van der Waals surface area contributed by atoms with Crippen molar-refractivity contribution in [2.24, 2.45) is 0 Å². The van der Waals surface area contributed by atoms with Gasteiger partial charge in [0.05, 0.1) is 11.4 Å². The van der Waals surface area contributed by atoms with Gasteiger partial charge < -0.3 is 11.1 Å². The van der Waals surface area contributed by atoms with Crippen LogP contribution in [0.15, 0.2) is 0 Å². The molecular weight excluding hydrogens is 272 g/mol. The standard InChI is InChI=1S/C14H18N4OS/c1-7-8(2)17-18-13-9(7)10(15)11(20-13)12(19)16-14(3)5-4-6-14/h4-6,15H2,1-3H3,(H,16,19). The van der Waals surface area contributed by atoms with E-state index < -0.39 is 0 Å². The molecule has 1 saturated carbocycles. The average molecular weight is 290 g/mol. The van der Waals surface area contributed by atoms with Gasteiger partial charge in [-0.05, 0) is 45.6 Å². The number of carbonyl (C=O) groups excluding carboxylic acids is 1. The molecule has 3 rings (SSSR count). The molecule has 1 aliphatic rings. The minimum atomic E-state index is -0.0928. The second-order valence-corrected chi connectivity index (χ2v) is 6.80. The summed E-state index contributed by atoms with van der Waals surface area (Å²) >= 11 is 1.32. The lowest BCUT2D eigenvalue weighted by Gasteiger charge is -2.39. The summed E-state index contributed by atoms with van der Waals surface area (Å²) < 4.78 is 0. The quantitative estimate of drug-likeness (QED) is 0.890. The first-order valence-electron chi connectivity index (χ1n) is 6.76. The lowest BCUT2D eigenvalue weighted by atomic mass is 9.78. The average Bonchev–Trinajstić information content (AvgIpc) is 2.70. The van der Waals surface area contributed by atoms with Gasteiger partial charge in [-0.25, -0.2) is 0 Å². The van der Waals surface area contributed by atoms with Crippen LogP contribution in [0.25, 0.3) is 10.2 Å². The summed E-state index contributed by atoms with van der Waals surface area (Å²) in [4.78, 5) is 13.7. The molecule has 106 valence electrons. The highest BCUT2D eigenvalue weighted by molar-refractivity contribution is 7.21. The summed E-state index contributed by atoms with van der Waals surface area (Å²) in [5.41, 5.74) is 8.47. The van der Waals surface area contributed by atoms with Crippen LogP contribution in [0.2, 0.25) is 0 Å². The molecule has 2 heterocycles. The normalized spacial score (nSPS) is 16.9. The molecule has 20 heavy (non-hydrogen) atoms. The molecule has 0 saturated heterocycles. The number of aromatic nitrogens is 2. The number of hydrogen-bond acceptors (Lipinski definition) is 5. The molecule has 5 nitrogen and oxygen atoms in total. The van der Waals surface area contributed by atoms with Crippen LogP contribution in [0, 0.1) is 13.8 Å². The van der Waals surface area contributed by atoms with Crippen molar-refractivity contribution in [3.05, 3.63) is 16.1 Å². The largest absolute Gasteiger partial charge is 0.397 e. The number of rotatable bonds is 2. The van der Waals surface area contributed by atoms with E-state index in [0.29, 0.717) is 10.6 Å². The summed E-state index contributed by atoms with van der Waals surface area (Å²) in [6, 6.07) is 0. The topological polar surface area (TPSA) is 80.9 Å². The third-order valence-corrected chi connectivity index (χ3v) is 5.30. The van der Waals surface area contributed by atoms with Crippen LogP contribution in [0.3, 0.4) is 0 Å². The second-order valence-electron chi connectivity index (χ2n) is 5.80. The maximum Gasteiger partial charge on any atom is 0.263 e. The maximum absolute atomic E-state index is 12.4. The third-order valence-electron chi connectivity index (χ3n) is 4.21. The Hall–Kier alpha value is -1.69. The van der Waals surface area contributed by atoms with Crippen LogP contribution < -0.4 is 11.1 Å². The number of aryl methyl sites for hydroxylation is 2. The molecule has 0 spiro atoms. The van der Waals surface area contributed by atoms with E-state index in [1.807, 2.05) is 13.8 Å². The molecule has 0 aromatic carbocycles. The van der Waals surface area contributed by atoms with Crippen LogP contribution >= 0.6 is 11.3 Å². The van der Waals surface area contributed by atoms with Gasteiger partial charge in [-0.15, -0.1) is 16.4 Å². The molecule has 0 unspecified atom stereocenters. The first-order chi connectivity index (χ1) is 9.41. The monoisotopic (exact) mass is 290 g/mol. The summed E-state index contributed by atoms with van der Waals surface area (Å²) in [7, 11) is 0. The van der Waals surface area contributed by atoms with Crippen LogP contribution in [-0.4, -0.2) is 21.6 Å². The van der Waals surface area contributed by atoms with Gasteiger partial charge in [0, 0.05) is 10.9 Å².